The van der Waals surface area contributed by atoms with Gasteiger partial charge >= 0.3 is 0 Å². The quantitative estimate of drug-likeness (QED) is 0.263. The van der Waals surface area contributed by atoms with E-state index in [1.165, 1.54) is 12.8 Å². The minimum atomic E-state index is 0. The lowest BCUT2D eigenvalue weighted by Gasteiger charge is -2.32. The van der Waals surface area contributed by atoms with E-state index in [0.29, 0.717) is 6.04 Å². The van der Waals surface area contributed by atoms with Crippen LogP contribution in [0.1, 0.15) is 31.4 Å². The van der Waals surface area contributed by atoms with Crippen molar-refractivity contribution in [1.82, 2.24) is 20.5 Å². The largest absolute Gasteiger partial charge is 0.379 e. The van der Waals surface area contributed by atoms with Crippen molar-refractivity contribution in [2.45, 2.75) is 38.3 Å². The summed E-state index contributed by atoms with van der Waals surface area (Å²) < 4.78 is 5.66. The Kier molecular flexibility index (Phi) is 9.63. The molecule has 0 atom stereocenters. The molecule has 1 aliphatic heterocycles. The van der Waals surface area contributed by atoms with Gasteiger partial charge in [-0.1, -0.05) is 6.07 Å². The molecular formula is C19H32IN5O. The lowest BCUT2D eigenvalue weighted by molar-refractivity contribution is 0.128. The summed E-state index contributed by atoms with van der Waals surface area (Å²) in [7, 11) is 1.83. The predicted octanol–water partition coefficient (Wildman–Crippen LogP) is 2.26. The Morgan fingerprint density at radius 1 is 1.27 bits per heavy atom. The molecule has 0 spiro atoms. The number of piperidine rings is 1. The smallest absolute Gasteiger partial charge is 0.191 e. The van der Waals surface area contributed by atoms with Gasteiger partial charge in [0.1, 0.15) is 0 Å². The molecule has 1 saturated heterocycles. The van der Waals surface area contributed by atoms with Gasteiger partial charge in [0.15, 0.2) is 5.96 Å². The number of guanidine groups is 1. The van der Waals surface area contributed by atoms with Gasteiger partial charge in [0.2, 0.25) is 0 Å². The predicted molar refractivity (Wildman–Crippen MR) is 116 cm³/mol. The van der Waals surface area contributed by atoms with Crippen molar-refractivity contribution in [3.63, 3.8) is 0 Å². The highest BCUT2D eigenvalue weighted by atomic mass is 127. The van der Waals surface area contributed by atoms with E-state index in [4.69, 9.17) is 4.74 Å². The van der Waals surface area contributed by atoms with Crippen LogP contribution in [-0.2, 0) is 11.3 Å². The van der Waals surface area contributed by atoms with Crippen LogP contribution in [0.3, 0.4) is 0 Å². The maximum atomic E-state index is 5.66. The van der Waals surface area contributed by atoms with Crippen molar-refractivity contribution in [3.05, 3.63) is 30.1 Å². The third-order valence-corrected chi connectivity index (χ3v) is 4.85. The Morgan fingerprint density at radius 3 is 2.73 bits per heavy atom. The molecule has 7 heteroatoms. The standard InChI is InChI=1S/C19H31N5O.HI/c1-20-19(22-10-13-25-15-16-5-6-16)23-17-7-11-24(12-8-17)14-18-4-2-3-9-21-18;/h2-4,9,16-17H,5-8,10-15H2,1H3,(H2,20,22,23);1H. The van der Waals surface area contributed by atoms with Gasteiger partial charge in [-0.25, -0.2) is 0 Å². The summed E-state index contributed by atoms with van der Waals surface area (Å²) in [6.45, 7) is 5.61. The van der Waals surface area contributed by atoms with E-state index in [-0.39, 0.29) is 24.0 Å². The Morgan fingerprint density at radius 2 is 2.08 bits per heavy atom. The van der Waals surface area contributed by atoms with Gasteiger partial charge in [-0.05, 0) is 43.7 Å². The molecule has 2 fully saturated rings. The zero-order chi connectivity index (χ0) is 17.3. The van der Waals surface area contributed by atoms with Crippen molar-refractivity contribution in [3.8, 4) is 0 Å². The van der Waals surface area contributed by atoms with Crippen molar-refractivity contribution in [1.29, 1.82) is 0 Å². The maximum absolute atomic E-state index is 5.66. The molecule has 2 heterocycles. The number of likely N-dealkylation sites (tertiary alicyclic amines) is 1. The highest BCUT2D eigenvalue weighted by Crippen LogP contribution is 2.28. The van der Waals surface area contributed by atoms with Gasteiger partial charge in [-0.15, -0.1) is 24.0 Å². The molecule has 2 N–H and O–H groups in total. The van der Waals surface area contributed by atoms with Crippen molar-refractivity contribution in [2.24, 2.45) is 10.9 Å². The Hall–Kier alpha value is -0.930. The molecule has 0 aromatic carbocycles. The first kappa shape index (κ1) is 21.4. The first-order chi connectivity index (χ1) is 12.3. The molecule has 0 bridgehead atoms. The summed E-state index contributed by atoms with van der Waals surface area (Å²) in [5, 5.41) is 6.90. The van der Waals surface area contributed by atoms with Crippen LogP contribution in [0.15, 0.2) is 29.4 Å². The third kappa shape index (κ3) is 7.75. The zero-order valence-electron chi connectivity index (χ0n) is 15.7. The summed E-state index contributed by atoms with van der Waals surface area (Å²) >= 11 is 0. The number of nitrogens with one attached hydrogen (secondary N) is 2. The molecule has 2 aliphatic rings. The second-order valence-corrected chi connectivity index (χ2v) is 7.03. The molecule has 1 aromatic heterocycles. The minimum absolute atomic E-state index is 0. The van der Waals surface area contributed by atoms with Gasteiger partial charge < -0.3 is 15.4 Å². The summed E-state index contributed by atoms with van der Waals surface area (Å²) in [4.78, 5) is 11.2. The van der Waals surface area contributed by atoms with Gasteiger partial charge in [0.25, 0.3) is 0 Å². The first-order valence-electron chi connectivity index (χ1n) is 9.50. The fourth-order valence-corrected chi connectivity index (χ4v) is 3.12. The van der Waals surface area contributed by atoms with Crippen LogP contribution in [0.5, 0.6) is 0 Å². The van der Waals surface area contributed by atoms with E-state index < -0.39 is 0 Å². The van der Waals surface area contributed by atoms with E-state index in [0.717, 1.165) is 69.8 Å². The van der Waals surface area contributed by atoms with Crippen LogP contribution in [0.25, 0.3) is 0 Å². The first-order valence-corrected chi connectivity index (χ1v) is 9.50. The molecule has 0 radical (unpaired) electrons. The normalized spacial score (nSPS) is 19.0. The van der Waals surface area contributed by atoms with Crippen LogP contribution in [0.4, 0.5) is 0 Å². The molecule has 146 valence electrons. The van der Waals surface area contributed by atoms with Crippen LogP contribution < -0.4 is 10.6 Å². The number of hydrogen-bond acceptors (Lipinski definition) is 4. The fourth-order valence-electron chi connectivity index (χ4n) is 3.12. The fraction of sp³-hybridized carbons (Fsp3) is 0.684. The van der Waals surface area contributed by atoms with E-state index in [1.807, 2.05) is 19.3 Å². The highest BCUT2D eigenvalue weighted by molar-refractivity contribution is 14.0. The number of ether oxygens (including phenoxy) is 1. The lowest BCUT2D eigenvalue weighted by Crippen LogP contribution is -2.49. The van der Waals surface area contributed by atoms with E-state index in [2.05, 4.69) is 37.6 Å². The molecule has 6 nitrogen and oxygen atoms in total. The van der Waals surface area contributed by atoms with Crippen molar-refractivity contribution >= 4 is 29.9 Å². The van der Waals surface area contributed by atoms with Gasteiger partial charge in [-0.2, -0.15) is 0 Å². The monoisotopic (exact) mass is 473 g/mol. The summed E-state index contributed by atoms with van der Waals surface area (Å²) in [5.74, 6) is 1.71. The Bertz CT molecular complexity index is 530. The number of hydrogen-bond donors (Lipinski definition) is 2. The van der Waals surface area contributed by atoms with E-state index in [1.54, 1.807) is 0 Å². The second kappa shape index (κ2) is 11.7. The number of aromatic nitrogens is 1. The molecule has 0 amide bonds. The summed E-state index contributed by atoms with van der Waals surface area (Å²) in [6.07, 6.45) is 6.82. The molecule has 26 heavy (non-hydrogen) atoms. The van der Waals surface area contributed by atoms with Crippen molar-refractivity contribution < 1.29 is 4.74 Å². The number of nitrogens with zero attached hydrogens (tertiary/aromatic N) is 3. The van der Waals surface area contributed by atoms with Gasteiger partial charge in [0.05, 0.1) is 12.3 Å². The molecule has 1 aromatic rings. The molecular weight excluding hydrogens is 441 g/mol. The number of aliphatic imine (C=N–C) groups is 1. The van der Waals surface area contributed by atoms with Crippen molar-refractivity contribution in [2.75, 3.05) is 39.9 Å². The summed E-state index contributed by atoms with van der Waals surface area (Å²) in [5.41, 5.74) is 1.15. The molecule has 1 saturated carbocycles. The maximum Gasteiger partial charge on any atom is 0.191 e. The van der Waals surface area contributed by atoms with Crippen LogP contribution in [0, 0.1) is 5.92 Å². The molecule has 3 rings (SSSR count). The summed E-state index contributed by atoms with van der Waals surface area (Å²) in [6, 6.07) is 6.61. The van der Waals surface area contributed by atoms with Crippen LogP contribution >= 0.6 is 24.0 Å². The number of rotatable bonds is 8. The number of pyridine rings is 1. The van der Waals surface area contributed by atoms with Crippen LogP contribution in [-0.4, -0.2) is 61.8 Å². The topological polar surface area (TPSA) is 61.8 Å². The average molecular weight is 473 g/mol. The number of halogens is 1. The van der Waals surface area contributed by atoms with Gasteiger partial charge in [-0.3, -0.25) is 14.9 Å². The Balaban J connectivity index is 0.00000243. The lowest BCUT2D eigenvalue weighted by atomic mass is 10.1. The van der Waals surface area contributed by atoms with E-state index >= 15 is 0 Å². The minimum Gasteiger partial charge on any atom is -0.379 e. The third-order valence-electron chi connectivity index (χ3n) is 4.85. The van der Waals surface area contributed by atoms with Crippen LogP contribution in [0.2, 0.25) is 0 Å². The zero-order valence-corrected chi connectivity index (χ0v) is 18.0. The second-order valence-electron chi connectivity index (χ2n) is 7.03. The molecule has 1 aliphatic carbocycles. The highest BCUT2D eigenvalue weighted by Gasteiger charge is 2.21. The average Bonchev–Trinajstić information content (AvgIpc) is 3.47. The SMILES string of the molecule is CN=C(NCCOCC1CC1)NC1CCN(Cc2ccccn2)CC1.I. The Labute approximate surface area is 174 Å². The van der Waals surface area contributed by atoms with E-state index in [9.17, 15) is 0 Å². The molecule has 0 unspecified atom stereocenters. The van der Waals surface area contributed by atoms with Gasteiger partial charge in [0, 0.05) is 52.1 Å².